The number of amides is 1. The predicted octanol–water partition coefficient (Wildman–Crippen LogP) is 1.95. The molecule has 0 aromatic heterocycles. The number of ether oxygens (including phenoxy) is 1. The van der Waals surface area contributed by atoms with Crippen LogP contribution in [0, 0.1) is 5.92 Å². The van der Waals surface area contributed by atoms with Crippen molar-refractivity contribution in [3.05, 3.63) is 35.9 Å². The number of fused-ring (bicyclic) bond motifs is 3. The summed E-state index contributed by atoms with van der Waals surface area (Å²) in [6, 6.07) is 10.6. The van der Waals surface area contributed by atoms with E-state index in [0.717, 1.165) is 24.9 Å². The molecule has 0 aliphatic carbocycles. The monoisotopic (exact) mass is 314 g/mol. The van der Waals surface area contributed by atoms with Crippen LogP contribution in [0.2, 0.25) is 0 Å². The fourth-order valence-corrected chi connectivity index (χ4v) is 4.56. The quantitative estimate of drug-likeness (QED) is 0.927. The number of benzene rings is 1. The summed E-state index contributed by atoms with van der Waals surface area (Å²) in [5.41, 5.74) is 0.730. The Bertz CT molecular complexity index is 546. The highest BCUT2D eigenvalue weighted by Crippen LogP contribution is 2.36. The maximum absolute atomic E-state index is 13.3. The Morgan fingerprint density at radius 2 is 1.83 bits per heavy atom. The lowest BCUT2D eigenvalue weighted by atomic mass is 9.72. The van der Waals surface area contributed by atoms with E-state index >= 15 is 0 Å². The molecule has 4 saturated heterocycles. The van der Waals surface area contributed by atoms with Gasteiger partial charge in [-0.1, -0.05) is 30.3 Å². The molecule has 23 heavy (non-hydrogen) atoms. The predicted molar refractivity (Wildman–Crippen MR) is 89.3 cm³/mol. The molecule has 4 heteroatoms. The van der Waals surface area contributed by atoms with Crippen LogP contribution in [0.15, 0.2) is 30.3 Å². The number of nitrogens with one attached hydrogen (secondary N) is 1. The van der Waals surface area contributed by atoms with Gasteiger partial charge in [0.05, 0.1) is 5.41 Å². The Morgan fingerprint density at radius 1 is 1.13 bits per heavy atom. The molecule has 0 spiro atoms. The molecule has 1 atom stereocenters. The molecule has 4 fully saturated rings. The molecule has 1 unspecified atom stereocenters. The summed E-state index contributed by atoms with van der Waals surface area (Å²) < 4.78 is 5.55. The van der Waals surface area contributed by atoms with Gasteiger partial charge in [-0.05, 0) is 50.3 Å². The van der Waals surface area contributed by atoms with E-state index in [4.69, 9.17) is 4.74 Å². The average molecular weight is 314 g/mol. The van der Waals surface area contributed by atoms with Gasteiger partial charge in [0.2, 0.25) is 5.91 Å². The molecule has 0 radical (unpaired) electrons. The maximum atomic E-state index is 13.3. The number of rotatable bonds is 3. The minimum absolute atomic E-state index is 0.214. The molecule has 5 rings (SSSR count). The fourth-order valence-electron chi connectivity index (χ4n) is 4.56. The minimum Gasteiger partial charge on any atom is -0.381 e. The molecule has 4 aliphatic rings. The Kier molecular flexibility index (Phi) is 4.12. The van der Waals surface area contributed by atoms with Crippen molar-refractivity contribution in [2.45, 2.75) is 37.1 Å². The molecule has 1 aromatic carbocycles. The van der Waals surface area contributed by atoms with Gasteiger partial charge >= 0.3 is 0 Å². The van der Waals surface area contributed by atoms with Crippen LogP contribution in [0.3, 0.4) is 0 Å². The zero-order chi connectivity index (χ0) is 15.7. The average Bonchev–Trinajstić information content (AvgIpc) is 2.64. The van der Waals surface area contributed by atoms with Crippen molar-refractivity contribution in [2.24, 2.45) is 5.92 Å². The molecule has 0 saturated carbocycles. The molecule has 4 nitrogen and oxygen atoms in total. The Balaban J connectivity index is 1.56. The van der Waals surface area contributed by atoms with E-state index in [1.165, 1.54) is 25.9 Å². The van der Waals surface area contributed by atoms with Gasteiger partial charge in [-0.15, -0.1) is 0 Å². The number of piperidine rings is 3. The fraction of sp³-hybridized carbons (Fsp3) is 0.632. The summed E-state index contributed by atoms with van der Waals surface area (Å²) >= 11 is 0. The van der Waals surface area contributed by atoms with Crippen LogP contribution in [0.1, 0.15) is 31.2 Å². The lowest BCUT2D eigenvalue weighted by Crippen LogP contribution is -2.60. The van der Waals surface area contributed by atoms with Gasteiger partial charge in [0.1, 0.15) is 0 Å². The molecule has 124 valence electrons. The van der Waals surface area contributed by atoms with Crippen LogP contribution in [0.4, 0.5) is 0 Å². The third-order valence-electron chi connectivity index (χ3n) is 6.08. The summed E-state index contributed by atoms with van der Waals surface area (Å²) in [5.74, 6) is 0.877. The third kappa shape index (κ3) is 2.79. The zero-order valence-electron chi connectivity index (χ0n) is 13.7. The van der Waals surface area contributed by atoms with E-state index in [1.54, 1.807) is 0 Å². The second-order valence-corrected chi connectivity index (χ2v) is 7.28. The van der Waals surface area contributed by atoms with Gasteiger partial charge in [0, 0.05) is 25.8 Å². The van der Waals surface area contributed by atoms with Gasteiger partial charge in [0.15, 0.2) is 0 Å². The minimum atomic E-state index is -0.411. The van der Waals surface area contributed by atoms with E-state index in [-0.39, 0.29) is 5.91 Å². The second kappa shape index (κ2) is 6.25. The van der Waals surface area contributed by atoms with Crippen molar-refractivity contribution in [2.75, 3.05) is 32.8 Å². The molecule has 2 bridgehead atoms. The first-order valence-electron chi connectivity index (χ1n) is 8.94. The lowest BCUT2D eigenvalue weighted by Gasteiger charge is -2.46. The van der Waals surface area contributed by atoms with Crippen molar-refractivity contribution < 1.29 is 9.53 Å². The summed E-state index contributed by atoms with van der Waals surface area (Å²) in [5, 5.41) is 3.42. The molecule has 1 aromatic rings. The van der Waals surface area contributed by atoms with Gasteiger partial charge in [0.25, 0.3) is 0 Å². The first-order chi connectivity index (χ1) is 11.3. The SMILES string of the molecule is O=C(NC1CN2CCC1CC2)C1(c2ccccc2)CCOCC1. The standard InChI is InChI=1S/C19H26N2O2/c22-18(20-17-14-21-10-6-15(17)7-11-21)19(8-12-23-13-9-19)16-4-2-1-3-5-16/h1-5,15,17H,6-14H2,(H,20,22). The third-order valence-corrected chi connectivity index (χ3v) is 6.08. The highest BCUT2D eigenvalue weighted by molar-refractivity contribution is 5.88. The van der Waals surface area contributed by atoms with Crippen LogP contribution in [-0.4, -0.2) is 49.7 Å². The van der Waals surface area contributed by atoms with Gasteiger partial charge in [-0.3, -0.25) is 4.79 Å². The maximum Gasteiger partial charge on any atom is 0.231 e. The molecular formula is C19H26N2O2. The van der Waals surface area contributed by atoms with Crippen molar-refractivity contribution in [1.29, 1.82) is 0 Å². The van der Waals surface area contributed by atoms with Crippen molar-refractivity contribution in [3.63, 3.8) is 0 Å². The molecule has 1 amide bonds. The molecule has 1 N–H and O–H groups in total. The van der Waals surface area contributed by atoms with Crippen molar-refractivity contribution in [3.8, 4) is 0 Å². The van der Waals surface area contributed by atoms with Gasteiger partial charge < -0.3 is 15.0 Å². The first kappa shape index (κ1) is 15.2. The normalized spacial score (nSPS) is 32.4. The van der Waals surface area contributed by atoms with E-state index in [2.05, 4.69) is 22.3 Å². The topological polar surface area (TPSA) is 41.6 Å². The summed E-state index contributed by atoms with van der Waals surface area (Å²) in [6.07, 6.45) is 4.02. The molecule has 4 aliphatic heterocycles. The summed E-state index contributed by atoms with van der Waals surface area (Å²) in [4.78, 5) is 15.8. The summed E-state index contributed by atoms with van der Waals surface area (Å²) in [6.45, 7) is 4.77. The van der Waals surface area contributed by atoms with Crippen LogP contribution in [0.25, 0.3) is 0 Å². The zero-order valence-corrected chi connectivity index (χ0v) is 13.7. The van der Waals surface area contributed by atoms with Crippen molar-refractivity contribution in [1.82, 2.24) is 10.2 Å². The van der Waals surface area contributed by atoms with E-state index in [9.17, 15) is 4.79 Å². The largest absolute Gasteiger partial charge is 0.381 e. The number of nitrogens with zero attached hydrogens (tertiary/aromatic N) is 1. The number of carbonyl (C=O) groups excluding carboxylic acids is 1. The highest BCUT2D eigenvalue weighted by atomic mass is 16.5. The highest BCUT2D eigenvalue weighted by Gasteiger charge is 2.44. The molecule has 4 heterocycles. The van der Waals surface area contributed by atoms with Crippen LogP contribution < -0.4 is 5.32 Å². The number of hydrogen-bond donors (Lipinski definition) is 1. The second-order valence-electron chi connectivity index (χ2n) is 7.28. The first-order valence-corrected chi connectivity index (χ1v) is 8.94. The Hall–Kier alpha value is -1.39. The van der Waals surface area contributed by atoms with E-state index in [1.807, 2.05) is 18.2 Å². The van der Waals surface area contributed by atoms with Crippen LogP contribution in [0.5, 0.6) is 0 Å². The van der Waals surface area contributed by atoms with Crippen LogP contribution >= 0.6 is 0 Å². The lowest BCUT2D eigenvalue weighted by molar-refractivity contribution is -0.132. The molecular weight excluding hydrogens is 288 g/mol. The van der Waals surface area contributed by atoms with Gasteiger partial charge in [-0.2, -0.15) is 0 Å². The Morgan fingerprint density at radius 3 is 2.43 bits per heavy atom. The smallest absolute Gasteiger partial charge is 0.231 e. The van der Waals surface area contributed by atoms with Crippen LogP contribution in [-0.2, 0) is 14.9 Å². The Labute approximate surface area is 138 Å². The van der Waals surface area contributed by atoms with Crippen molar-refractivity contribution >= 4 is 5.91 Å². The van der Waals surface area contributed by atoms with Gasteiger partial charge in [-0.25, -0.2) is 0 Å². The van der Waals surface area contributed by atoms with E-state index < -0.39 is 5.41 Å². The number of hydrogen-bond acceptors (Lipinski definition) is 3. The van der Waals surface area contributed by atoms with E-state index in [0.29, 0.717) is 25.2 Å². The number of carbonyl (C=O) groups is 1. The summed E-state index contributed by atoms with van der Waals surface area (Å²) in [7, 11) is 0.